The lowest BCUT2D eigenvalue weighted by Crippen LogP contribution is -1.92. The number of hydrogen-bond donors (Lipinski definition) is 0. The Morgan fingerprint density at radius 1 is 1.33 bits per heavy atom. The van der Waals surface area contributed by atoms with Crippen molar-refractivity contribution in [3.05, 3.63) is 41.6 Å². The highest BCUT2D eigenvalue weighted by atomic mass is 14.7. The van der Waals surface area contributed by atoms with Gasteiger partial charge in [0.2, 0.25) is 0 Å². The van der Waals surface area contributed by atoms with Crippen molar-refractivity contribution in [2.75, 3.05) is 0 Å². The van der Waals surface area contributed by atoms with Crippen molar-refractivity contribution in [2.45, 2.75) is 19.8 Å². The Labute approximate surface area is 89.2 Å². The predicted molar refractivity (Wildman–Crippen MR) is 60.5 cm³/mol. The molecule has 0 aliphatic carbocycles. The summed E-state index contributed by atoms with van der Waals surface area (Å²) in [5, 5.41) is 10.0. The molecule has 1 aromatic heterocycles. The number of para-hydroxylation sites is 1. The van der Waals surface area contributed by atoms with Crippen LogP contribution < -0.4 is 0 Å². The Morgan fingerprint density at radius 2 is 2.13 bits per heavy atom. The molecule has 1 heterocycles. The fraction of sp³-hybridized carbons (Fsp3) is 0.231. The molecule has 2 heteroatoms. The number of pyridine rings is 1. The second-order valence-electron chi connectivity index (χ2n) is 3.55. The van der Waals surface area contributed by atoms with Crippen molar-refractivity contribution in [2.24, 2.45) is 0 Å². The highest BCUT2D eigenvalue weighted by Gasteiger charge is 2.03. The van der Waals surface area contributed by atoms with Gasteiger partial charge < -0.3 is 0 Å². The molecule has 0 unspecified atom stereocenters. The highest BCUT2D eigenvalue weighted by molar-refractivity contribution is 5.82. The summed E-state index contributed by atoms with van der Waals surface area (Å²) in [5.74, 6) is 0. The molecule has 2 nitrogen and oxygen atoms in total. The lowest BCUT2D eigenvalue weighted by molar-refractivity contribution is 0.926. The molecule has 0 aliphatic rings. The van der Waals surface area contributed by atoms with Crippen LogP contribution >= 0.6 is 0 Å². The van der Waals surface area contributed by atoms with Crippen LogP contribution in [0.25, 0.3) is 10.9 Å². The van der Waals surface area contributed by atoms with Crippen LogP contribution in [0.2, 0.25) is 0 Å². The first-order valence-electron chi connectivity index (χ1n) is 5.14. The van der Waals surface area contributed by atoms with Gasteiger partial charge in [-0.25, -0.2) is 4.98 Å². The monoisotopic (exact) mass is 196 g/mol. The molecule has 0 amide bonds. The van der Waals surface area contributed by atoms with Crippen LogP contribution in [-0.2, 0) is 6.42 Å². The van der Waals surface area contributed by atoms with E-state index in [0.29, 0.717) is 5.69 Å². The molecular weight excluding hydrogens is 184 g/mol. The molecule has 2 aromatic rings. The average molecular weight is 196 g/mol. The zero-order chi connectivity index (χ0) is 10.7. The van der Waals surface area contributed by atoms with Gasteiger partial charge in [-0.3, -0.25) is 0 Å². The maximum absolute atomic E-state index is 8.88. The van der Waals surface area contributed by atoms with Gasteiger partial charge in [0, 0.05) is 5.39 Å². The smallest absolute Gasteiger partial charge is 0.141 e. The van der Waals surface area contributed by atoms with E-state index < -0.39 is 0 Å². The summed E-state index contributed by atoms with van der Waals surface area (Å²) in [7, 11) is 0. The molecule has 0 spiro atoms. The number of hydrogen-bond acceptors (Lipinski definition) is 2. The third kappa shape index (κ3) is 1.82. The average Bonchev–Trinajstić information content (AvgIpc) is 2.29. The first kappa shape index (κ1) is 9.67. The van der Waals surface area contributed by atoms with Crippen molar-refractivity contribution < 1.29 is 0 Å². The largest absolute Gasteiger partial charge is 0.237 e. The number of benzene rings is 1. The standard InChI is InChI=1S/C13H12N2/c1-2-5-10-8-11(9-14)15-13-7-4-3-6-12(10)13/h3-4,6-8H,2,5H2,1H3. The molecule has 0 atom stereocenters. The molecule has 0 saturated carbocycles. The molecule has 0 fully saturated rings. The van der Waals surface area contributed by atoms with E-state index >= 15 is 0 Å². The van der Waals surface area contributed by atoms with E-state index in [1.807, 2.05) is 24.3 Å². The Kier molecular flexibility index (Phi) is 2.64. The van der Waals surface area contributed by atoms with Crippen molar-refractivity contribution in [3.63, 3.8) is 0 Å². The molecule has 0 aliphatic heterocycles. The van der Waals surface area contributed by atoms with Gasteiger partial charge in [0.25, 0.3) is 0 Å². The van der Waals surface area contributed by atoms with E-state index in [1.165, 1.54) is 10.9 Å². The summed E-state index contributed by atoms with van der Waals surface area (Å²) >= 11 is 0. The van der Waals surface area contributed by atoms with Crippen LogP contribution in [0.4, 0.5) is 0 Å². The Morgan fingerprint density at radius 3 is 2.87 bits per heavy atom. The number of nitriles is 1. The second kappa shape index (κ2) is 4.10. The number of aryl methyl sites for hydroxylation is 1. The lowest BCUT2D eigenvalue weighted by Gasteiger charge is -2.04. The summed E-state index contributed by atoms with van der Waals surface area (Å²) in [4.78, 5) is 4.28. The fourth-order valence-electron chi connectivity index (χ4n) is 1.78. The van der Waals surface area contributed by atoms with E-state index in [4.69, 9.17) is 5.26 Å². The summed E-state index contributed by atoms with van der Waals surface area (Å²) in [5.41, 5.74) is 2.65. The van der Waals surface area contributed by atoms with E-state index in [-0.39, 0.29) is 0 Å². The molecule has 0 radical (unpaired) electrons. The minimum atomic E-state index is 0.511. The second-order valence-corrected chi connectivity index (χ2v) is 3.55. The molecule has 0 N–H and O–H groups in total. The molecule has 15 heavy (non-hydrogen) atoms. The normalized spacial score (nSPS) is 10.1. The van der Waals surface area contributed by atoms with Crippen LogP contribution in [0.5, 0.6) is 0 Å². The zero-order valence-electron chi connectivity index (χ0n) is 8.70. The lowest BCUT2D eigenvalue weighted by atomic mass is 10.0. The van der Waals surface area contributed by atoms with Crippen molar-refractivity contribution >= 4 is 10.9 Å². The van der Waals surface area contributed by atoms with E-state index in [2.05, 4.69) is 24.0 Å². The van der Waals surface area contributed by atoms with Crippen molar-refractivity contribution in [3.8, 4) is 6.07 Å². The third-order valence-corrected chi connectivity index (χ3v) is 2.44. The van der Waals surface area contributed by atoms with Crippen LogP contribution in [0, 0.1) is 11.3 Å². The van der Waals surface area contributed by atoms with Gasteiger partial charge in [-0.15, -0.1) is 0 Å². The number of aromatic nitrogens is 1. The quantitative estimate of drug-likeness (QED) is 0.740. The predicted octanol–water partition coefficient (Wildman–Crippen LogP) is 3.06. The van der Waals surface area contributed by atoms with Crippen LogP contribution in [-0.4, -0.2) is 4.98 Å². The van der Waals surface area contributed by atoms with Crippen molar-refractivity contribution in [1.82, 2.24) is 4.98 Å². The molecule has 2 rings (SSSR count). The molecule has 0 saturated heterocycles. The maximum Gasteiger partial charge on any atom is 0.141 e. The van der Waals surface area contributed by atoms with Gasteiger partial charge in [-0.05, 0) is 24.1 Å². The van der Waals surface area contributed by atoms with Crippen LogP contribution in [0.1, 0.15) is 24.6 Å². The summed E-state index contributed by atoms with van der Waals surface area (Å²) in [6.07, 6.45) is 2.08. The fourth-order valence-corrected chi connectivity index (χ4v) is 1.78. The van der Waals surface area contributed by atoms with E-state index in [9.17, 15) is 0 Å². The van der Waals surface area contributed by atoms with E-state index in [0.717, 1.165) is 18.4 Å². The molecular formula is C13H12N2. The zero-order valence-corrected chi connectivity index (χ0v) is 8.70. The Hall–Kier alpha value is -1.88. The number of rotatable bonds is 2. The Bertz CT molecular complexity index is 524. The summed E-state index contributed by atoms with van der Waals surface area (Å²) < 4.78 is 0. The molecule has 1 aromatic carbocycles. The number of nitrogens with zero attached hydrogens (tertiary/aromatic N) is 2. The first-order valence-corrected chi connectivity index (χ1v) is 5.14. The van der Waals surface area contributed by atoms with Gasteiger partial charge in [0.05, 0.1) is 5.52 Å². The van der Waals surface area contributed by atoms with Crippen LogP contribution in [0.3, 0.4) is 0 Å². The van der Waals surface area contributed by atoms with Gasteiger partial charge in [-0.2, -0.15) is 5.26 Å². The first-order chi connectivity index (χ1) is 7.35. The SMILES string of the molecule is CCCc1cc(C#N)nc2ccccc12. The van der Waals surface area contributed by atoms with Gasteiger partial charge >= 0.3 is 0 Å². The molecule has 0 bridgehead atoms. The van der Waals surface area contributed by atoms with Crippen molar-refractivity contribution in [1.29, 1.82) is 5.26 Å². The summed E-state index contributed by atoms with van der Waals surface area (Å²) in [6.45, 7) is 2.14. The Balaban J connectivity index is 2.70. The minimum absolute atomic E-state index is 0.511. The third-order valence-electron chi connectivity index (χ3n) is 2.44. The highest BCUT2D eigenvalue weighted by Crippen LogP contribution is 2.19. The van der Waals surface area contributed by atoms with Gasteiger partial charge in [0.1, 0.15) is 11.8 Å². The van der Waals surface area contributed by atoms with Gasteiger partial charge in [-0.1, -0.05) is 31.5 Å². The van der Waals surface area contributed by atoms with E-state index in [1.54, 1.807) is 0 Å². The molecule has 74 valence electrons. The van der Waals surface area contributed by atoms with Crippen LogP contribution in [0.15, 0.2) is 30.3 Å². The topological polar surface area (TPSA) is 36.7 Å². The maximum atomic E-state index is 8.88. The van der Waals surface area contributed by atoms with Gasteiger partial charge in [0.15, 0.2) is 0 Å². The minimum Gasteiger partial charge on any atom is -0.237 e. The summed E-state index contributed by atoms with van der Waals surface area (Å²) in [6, 6.07) is 12.0. The number of fused-ring (bicyclic) bond motifs is 1.